The van der Waals surface area contributed by atoms with Crippen molar-refractivity contribution in [3.8, 4) is 28.7 Å². The Morgan fingerprint density at radius 1 is 0.943 bits per heavy atom. The van der Waals surface area contributed by atoms with Crippen LogP contribution in [-0.2, 0) is 15.9 Å². The molecule has 2 aromatic rings. The van der Waals surface area contributed by atoms with Crippen LogP contribution in [0.2, 0.25) is 0 Å². The molecule has 0 aliphatic carbocycles. The molecule has 2 atom stereocenters. The number of phenolic OH excluding ortho intramolecular Hbond substituents is 2. The number of fused-ring (bicyclic) bond motifs is 1. The molecule has 2 aromatic carbocycles. The number of rotatable bonds is 7. The average Bonchev–Trinajstić information content (AvgIpc) is 2.78. The quantitative estimate of drug-likeness (QED) is 0.289. The van der Waals surface area contributed by atoms with Gasteiger partial charge in [-0.25, -0.2) is 9.59 Å². The molecule has 1 aliphatic rings. The summed E-state index contributed by atoms with van der Waals surface area (Å²) in [5.41, 5.74) is 0.765. The number of hydrogen-bond acceptors (Lipinski definition) is 10. The van der Waals surface area contributed by atoms with E-state index in [9.17, 15) is 24.9 Å². The fourth-order valence-corrected chi connectivity index (χ4v) is 3.31. The summed E-state index contributed by atoms with van der Waals surface area (Å²) in [7, 11) is 0. The molecule has 0 amide bonds. The standard InChI is InChI=1S/C25H30O10/c1-13(2)11-31-24(29)33-16-8-21-17(22(9-16)35-25(30)32-12-14(3)4)10-20(28)23(34-21)15-5-6-18(26)19(27)7-15/h5-9,13-14,20,23,26-28H,10-12H2,1-4H3/t20-,23-/m1/s1. The second-order valence-corrected chi connectivity index (χ2v) is 9.07. The largest absolute Gasteiger partial charge is 0.513 e. The highest BCUT2D eigenvalue weighted by molar-refractivity contribution is 5.69. The Balaban J connectivity index is 1.91. The van der Waals surface area contributed by atoms with Crippen molar-refractivity contribution in [1.29, 1.82) is 0 Å². The number of aliphatic hydroxyl groups excluding tert-OH is 1. The molecule has 10 nitrogen and oxygen atoms in total. The van der Waals surface area contributed by atoms with Gasteiger partial charge in [0.15, 0.2) is 11.5 Å². The summed E-state index contributed by atoms with van der Waals surface area (Å²) in [6.07, 6.45) is -3.88. The fraction of sp³-hybridized carbons (Fsp3) is 0.440. The number of ether oxygens (including phenoxy) is 5. The van der Waals surface area contributed by atoms with Crippen molar-refractivity contribution in [1.82, 2.24) is 0 Å². The molecule has 0 unspecified atom stereocenters. The van der Waals surface area contributed by atoms with Gasteiger partial charge in [0, 0.05) is 24.1 Å². The maximum Gasteiger partial charge on any atom is 0.513 e. The van der Waals surface area contributed by atoms with Gasteiger partial charge >= 0.3 is 12.3 Å². The van der Waals surface area contributed by atoms with Gasteiger partial charge in [0.05, 0.1) is 19.3 Å². The van der Waals surface area contributed by atoms with Crippen molar-refractivity contribution in [2.45, 2.75) is 46.3 Å². The van der Waals surface area contributed by atoms with Gasteiger partial charge in [-0.15, -0.1) is 0 Å². The van der Waals surface area contributed by atoms with Gasteiger partial charge in [-0.2, -0.15) is 0 Å². The van der Waals surface area contributed by atoms with Gasteiger partial charge in [0.2, 0.25) is 0 Å². The van der Waals surface area contributed by atoms with Crippen molar-refractivity contribution in [2.24, 2.45) is 11.8 Å². The van der Waals surface area contributed by atoms with E-state index in [1.165, 1.54) is 30.3 Å². The van der Waals surface area contributed by atoms with E-state index in [-0.39, 0.29) is 60.2 Å². The lowest BCUT2D eigenvalue weighted by atomic mass is 9.94. The summed E-state index contributed by atoms with van der Waals surface area (Å²) in [6, 6.07) is 6.78. The molecule has 0 saturated carbocycles. The van der Waals surface area contributed by atoms with E-state index in [0.717, 1.165) is 0 Å². The molecule has 10 heteroatoms. The minimum absolute atomic E-state index is 0.00558. The summed E-state index contributed by atoms with van der Waals surface area (Å²) >= 11 is 0. The lowest BCUT2D eigenvalue weighted by molar-refractivity contribution is 0.0190. The van der Waals surface area contributed by atoms with Crippen LogP contribution < -0.4 is 14.2 Å². The van der Waals surface area contributed by atoms with E-state index < -0.39 is 24.5 Å². The number of carbonyl (C=O) groups is 2. The smallest absolute Gasteiger partial charge is 0.504 e. The SMILES string of the molecule is CC(C)COC(=O)Oc1cc(OC(=O)OCC(C)C)c2c(c1)O[C@H](c1ccc(O)c(O)c1)[C@H](O)C2. The molecule has 190 valence electrons. The maximum atomic E-state index is 12.2. The summed E-state index contributed by atoms with van der Waals surface area (Å²) < 4.78 is 26.7. The van der Waals surface area contributed by atoms with Gasteiger partial charge < -0.3 is 39.0 Å². The summed E-state index contributed by atoms with van der Waals surface area (Å²) in [4.78, 5) is 24.3. The molecule has 35 heavy (non-hydrogen) atoms. The third-order valence-corrected chi connectivity index (χ3v) is 4.95. The van der Waals surface area contributed by atoms with Crippen LogP contribution in [0.4, 0.5) is 9.59 Å². The number of phenols is 2. The predicted molar refractivity (Wildman–Crippen MR) is 123 cm³/mol. The number of aromatic hydroxyl groups is 2. The zero-order valence-corrected chi connectivity index (χ0v) is 20.0. The second kappa shape index (κ2) is 11.2. The Morgan fingerprint density at radius 3 is 2.17 bits per heavy atom. The van der Waals surface area contributed by atoms with Gasteiger partial charge in [-0.3, -0.25) is 0 Å². The Labute approximate surface area is 203 Å². The van der Waals surface area contributed by atoms with Crippen molar-refractivity contribution < 1.29 is 48.6 Å². The molecule has 1 heterocycles. The number of aliphatic hydroxyl groups is 1. The number of benzene rings is 2. The lowest BCUT2D eigenvalue weighted by Gasteiger charge is -2.32. The third kappa shape index (κ3) is 6.92. The molecule has 0 radical (unpaired) electrons. The first kappa shape index (κ1) is 26.0. The first-order chi connectivity index (χ1) is 16.5. The molecular weight excluding hydrogens is 460 g/mol. The molecule has 0 saturated heterocycles. The zero-order valence-electron chi connectivity index (χ0n) is 20.0. The van der Waals surface area contributed by atoms with Gasteiger partial charge in [-0.1, -0.05) is 33.8 Å². The van der Waals surface area contributed by atoms with Crippen LogP contribution in [0.3, 0.4) is 0 Å². The normalized spacial score (nSPS) is 16.9. The van der Waals surface area contributed by atoms with Crippen LogP contribution in [0.1, 0.15) is 44.9 Å². The Hall–Kier alpha value is -3.66. The summed E-state index contributed by atoms with van der Waals surface area (Å²) in [6.45, 7) is 7.80. The predicted octanol–water partition coefficient (Wildman–Crippen LogP) is 4.48. The van der Waals surface area contributed by atoms with E-state index in [1.54, 1.807) is 0 Å². The minimum atomic E-state index is -1.08. The van der Waals surface area contributed by atoms with Crippen molar-refractivity contribution in [2.75, 3.05) is 13.2 Å². The summed E-state index contributed by atoms with van der Waals surface area (Å²) in [5, 5.41) is 30.2. The van der Waals surface area contributed by atoms with Crippen LogP contribution in [0.15, 0.2) is 30.3 Å². The molecule has 3 N–H and O–H groups in total. The molecule has 0 spiro atoms. The fourth-order valence-electron chi connectivity index (χ4n) is 3.31. The van der Waals surface area contributed by atoms with E-state index in [1.807, 2.05) is 27.7 Å². The first-order valence-electron chi connectivity index (χ1n) is 11.3. The van der Waals surface area contributed by atoms with Crippen molar-refractivity contribution in [3.63, 3.8) is 0 Å². The molecule has 3 rings (SSSR count). The Bertz CT molecular complexity index is 1060. The topological polar surface area (TPSA) is 141 Å². The van der Waals surface area contributed by atoms with Crippen LogP contribution in [-0.4, -0.2) is 46.9 Å². The lowest BCUT2D eigenvalue weighted by Crippen LogP contribution is -2.31. The monoisotopic (exact) mass is 490 g/mol. The number of hydrogen-bond donors (Lipinski definition) is 3. The molecule has 0 fully saturated rings. The van der Waals surface area contributed by atoms with E-state index in [0.29, 0.717) is 11.1 Å². The van der Waals surface area contributed by atoms with Crippen molar-refractivity contribution >= 4 is 12.3 Å². The van der Waals surface area contributed by atoms with Crippen molar-refractivity contribution in [3.05, 3.63) is 41.5 Å². The summed E-state index contributed by atoms with van der Waals surface area (Å²) in [5.74, 6) is -0.310. The van der Waals surface area contributed by atoms with E-state index in [4.69, 9.17) is 23.7 Å². The first-order valence-corrected chi connectivity index (χ1v) is 11.3. The second-order valence-electron chi connectivity index (χ2n) is 9.07. The molecular formula is C25H30O10. The van der Waals surface area contributed by atoms with Gasteiger partial charge in [0.1, 0.15) is 23.4 Å². The molecule has 1 aliphatic heterocycles. The Morgan fingerprint density at radius 2 is 1.57 bits per heavy atom. The molecule has 0 bridgehead atoms. The van der Waals surface area contributed by atoms with Gasteiger partial charge in [-0.05, 0) is 29.5 Å². The maximum absolute atomic E-state index is 12.2. The highest BCUT2D eigenvalue weighted by atomic mass is 16.7. The van der Waals surface area contributed by atoms with E-state index in [2.05, 4.69) is 0 Å². The molecule has 0 aromatic heterocycles. The van der Waals surface area contributed by atoms with Crippen LogP contribution in [0.5, 0.6) is 28.7 Å². The van der Waals surface area contributed by atoms with Crippen LogP contribution >= 0.6 is 0 Å². The zero-order chi connectivity index (χ0) is 25.7. The highest BCUT2D eigenvalue weighted by Gasteiger charge is 2.34. The van der Waals surface area contributed by atoms with E-state index >= 15 is 0 Å². The number of carbonyl (C=O) groups excluding carboxylic acids is 2. The Kier molecular flexibility index (Phi) is 8.29. The van der Waals surface area contributed by atoms with Gasteiger partial charge in [0.25, 0.3) is 0 Å². The highest BCUT2D eigenvalue weighted by Crippen LogP contribution is 2.43. The van der Waals surface area contributed by atoms with Crippen LogP contribution in [0, 0.1) is 11.8 Å². The average molecular weight is 491 g/mol. The van der Waals surface area contributed by atoms with Crippen LogP contribution in [0.25, 0.3) is 0 Å². The third-order valence-electron chi connectivity index (χ3n) is 4.95. The minimum Gasteiger partial charge on any atom is -0.504 e.